The maximum Gasteiger partial charge on any atom is 0.317 e. The van der Waals surface area contributed by atoms with Crippen molar-refractivity contribution in [3.05, 3.63) is 0 Å². The molecule has 0 bridgehead atoms. The number of hydrogen-bond donors (Lipinski definition) is 1. The molecular weight excluding hydrogens is 280 g/mol. The first-order valence-corrected chi connectivity index (χ1v) is 9.07. The van der Waals surface area contributed by atoms with Crippen molar-refractivity contribution in [2.24, 2.45) is 5.92 Å². The smallest absolute Gasteiger partial charge is 0.317 e. The Balaban J connectivity index is 1.43. The van der Waals surface area contributed by atoms with E-state index in [0.29, 0.717) is 32.4 Å². The molecule has 0 unspecified atom stereocenters. The molecule has 0 spiro atoms. The summed E-state index contributed by atoms with van der Waals surface area (Å²) in [6.45, 7) is 3.36. The summed E-state index contributed by atoms with van der Waals surface area (Å²) in [4.78, 5) is 14.5. The van der Waals surface area contributed by atoms with E-state index < -0.39 is 0 Å². The molecule has 2 saturated heterocycles. The summed E-state index contributed by atoms with van der Waals surface area (Å²) in [6, 6.07) is 0.541. The Morgan fingerprint density at radius 1 is 1.09 bits per heavy atom. The molecule has 126 valence electrons. The number of urea groups is 1. The van der Waals surface area contributed by atoms with Gasteiger partial charge in [0.2, 0.25) is 0 Å². The fourth-order valence-corrected chi connectivity index (χ4v) is 4.11. The number of carbonyl (C=O) groups excluding carboxylic acids is 1. The van der Waals surface area contributed by atoms with Gasteiger partial charge in [0.25, 0.3) is 0 Å². The van der Waals surface area contributed by atoms with E-state index in [2.05, 4.69) is 10.2 Å². The minimum Gasteiger partial charge on any atom is -0.376 e. The quantitative estimate of drug-likeness (QED) is 0.868. The predicted octanol–water partition coefficient (Wildman–Crippen LogP) is 2.55. The topological polar surface area (TPSA) is 50.8 Å². The van der Waals surface area contributed by atoms with E-state index in [9.17, 15) is 4.79 Å². The number of rotatable bonds is 4. The Labute approximate surface area is 133 Å². The second-order valence-electron chi connectivity index (χ2n) is 6.98. The van der Waals surface area contributed by atoms with Crippen LogP contribution in [0.1, 0.15) is 51.4 Å². The summed E-state index contributed by atoms with van der Waals surface area (Å²) in [5, 5.41) is 3.04. The van der Waals surface area contributed by atoms with Crippen molar-refractivity contribution < 1.29 is 14.3 Å². The van der Waals surface area contributed by atoms with Gasteiger partial charge < -0.3 is 19.7 Å². The molecule has 1 N–H and O–H groups in total. The van der Waals surface area contributed by atoms with E-state index in [1.54, 1.807) is 0 Å². The Morgan fingerprint density at radius 2 is 1.95 bits per heavy atom. The molecule has 0 aromatic rings. The minimum atomic E-state index is 0.0112. The summed E-state index contributed by atoms with van der Waals surface area (Å²) < 4.78 is 11.0. The van der Waals surface area contributed by atoms with Gasteiger partial charge in [-0.3, -0.25) is 0 Å². The molecule has 5 nitrogen and oxygen atoms in total. The molecule has 0 radical (unpaired) electrons. The van der Waals surface area contributed by atoms with Crippen molar-refractivity contribution in [2.75, 3.05) is 32.9 Å². The zero-order chi connectivity index (χ0) is 15.2. The van der Waals surface area contributed by atoms with Crippen LogP contribution in [0.3, 0.4) is 0 Å². The molecule has 2 heterocycles. The van der Waals surface area contributed by atoms with Crippen molar-refractivity contribution in [3.8, 4) is 0 Å². The predicted molar refractivity (Wildman–Crippen MR) is 84.9 cm³/mol. The van der Waals surface area contributed by atoms with E-state index in [4.69, 9.17) is 9.47 Å². The number of ether oxygens (including phenoxy) is 2. The highest BCUT2D eigenvalue weighted by molar-refractivity contribution is 5.74. The molecule has 2 atom stereocenters. The third-order valence-corrected chi connectivity index (χ3v) is 5.33. The van der Waals surface area contributed by atoms with E-state index in [1.807, 2.05) is 0 Å². The molecule has 0 aromatic carbocycles. The molecule has 3 aliphatic rings. The van der Waals surface area contributed by atoms with Crippen molar-refractivity contribution in [3.63, 3.8) is 0 Å². The number of likely N-dealkylation sites (tertiary alicyclic amines) is 1. The minimum absolute atomic E-state index is 0.0112. The van der Waals surface area contributed by atoms with Gasteiger partial charge in [0.1, 0.15) is 0 Å². The monoisotopic (exact) mass is 310 g/mol. The molecular formula is C17H30N2O3. The van der Waals surface area contributed by atoms with Crippen LogP contribution in [0, 0.1) is 5.92 Å². The number of nitrogens with zero attached hydrogens (tertiary/aromatic N) is 1. The van der Waals surface area contributed by atoms with Crippen LogP contribution in [-0.4, -0.2) is 56.0 Å². The number of carbonyl (C=O) groups is 1. The third kappa shape index (κ3) is 4.35. The normalized spacial score (nSPS) is 30.5. The van der Waals surface area contributed by atoms with E-state index in [0.717, 1.165) is 18.9 Å². The fraction of sp³-hybridized carbons (Fsp3) is 0.941. The highest BCUT2D eigenvalue weighted by Gasteiger charge is 2.31. The first-order chi connectivity index (χ1) is 10.8. The van der Waals surface area contributed by atoms with Crippen LogP contribution in [0.15, 0.2) is 0 Å². The van der Waals surface area contributed by atoms with Gasteiger partial charge in [0, 0.05) is 19.1 Å². The molecule has 22 heavy (non-hydrogen) atoms. The fourth-order valence-electron chi connectivity index (χ4n) is 4.11. The lowest BCUT2D eigenvalue weighted by molar-refractivity contribution is -0.0856. The van der Waals surface area contributed by atoms with E-state index >= 15 is 0 Å². The van der Waals surface area contributed by atoms with Crippen LogP contribution in [0.2, 0.25) is 0 Å². The Bertz CT molecular complexity index is 352. The first-order valence-electron chi connectivity index (χ1n) is 9.07. The summed E-state index contributed by atoms with van der Waals surface area (Å²) in [6.07, 6.45) is 10.4. The van der Waals surface area contributed by atoms with Crippen LogP contribution in [0.25, 0.3) is 0 Å². The van der Waals surface area contributed by atoms with Gasteiger partial charge in [-0.05, 0) is 25.2 Å². The summed E-state index contributed by atoms with van der Waals surface area (Å²) in [7, 11) is 0. The second kappa shape index (κ2) is 8.16. The lowest BCUT2D eigenvalue weighted by Crippen LogP contribution is -2.47. The van der Waals surface area contributed by atoms with Crippen molar-refractivity contribution in [1.29, 1.82) is 0 Å². The van der Waals surface area contributed by atoms with Gasteiger partial charge >= 0.3 is 6.03 Å². The molecule has 1 aliphatic carbocycles. The van der Waals surface area contributed by atoms with E-state index in [-0.39, 0.29) is 12.1 Å². The Kier molecular flexibility index (Phi) is 5.96. The average molecular weight is 310 g/mol. The third-order valence-electron chi connectivity index (χ3n) is 5.33. The highest BCUT2D eigenvalue weighted by atomic mass is 16.6. The Hall–Kier alpha value is -0.810. The van der Waals surface area contributed by atoms with Crippen LogP contribution in [0.4, 0.5) is 4.79 Å². The van der Waals surface area contributed by atoms with E-state index in [1.165, 1.54) is 44.9 Å². The van der Waals surface area contributed by atoms with Crippen LogP contribution in [0.5, 0.6) is 0 Å². The SMILES string of the molecule is O=C(NC[C@@H]1COCCO1)N1CCC[C@@H]1CC1CCCCC1. The van der Waals surface area contributed by atoms with Crippen LogP contribution >= 0.6 is 0 Å². The first kappa shape index (κ1) is 16.1. The van der Waals surface area contributed by atoms with Gasteiger partial charge in [0.05, 0.1) is 25.9 Å². The Morgan fingerprint density at radius 3 is 2.73 bits per heavy atom. The standard InChI is InChI=1S/C17H30N2O3/c20-17(18-12-16-13-21-9-10-22-16)19-8-4-7-15(19)11-14-5-2-1-3-6-14/h14-16H,1-13H2,(H,18,20)/t15-,16-/m1/s1. The molecule has 3 rings (SSSR count). The van der Waals surface area contributed by atoms with Gasteiger partial charge in [0.15, 0.2) is 0 Å². The van der Waals surface area contributed by atoms with Crippen LogP contribution in [-0.2, 0) is 9.47 Å². The summed E-state index contributed by atoms with van der Waals surface area (Å²) >= 11 is 0. The van der Waals surface area contributed by atoms with Crippen molar-refractivity contribution in [2.45, 2.75) is 63.5 Å². The number of hydrogen-bond acceptors (Lipinski definition) is 3. The van der Waals surface area contributed by atoms with Gasteiger partial charge in [-0.2, -0.15) is 0 Å². The van der Waals surface area contributed by atoms with Gasteiger partial charge in [-0.1, -0.05) is 32.1 Å². The van der Waals surface area contributed by atoms with Crippen molar-refractivity contribution >= 4 is 6.03 Å². The summed E-state index contributed by atoms with van der Waals surface area (Å²) in [5.41, 5.74) is 0. The average Bonchev–Trinajstić information content (AvgIpc) is 3.03. The number of amides is 2. The van der Waals surface area contributed by atoms with Gasteiger partial charge in [-0.25, -0.2) is 4.79 Å². The molecule has 5 heteroatoms. The summed E-state index contributed by atoms with van der Waals surface area (Å²) in [5.74, 6) is 0.835. The largest absolute Gasteiger partial charge is 0.376 e. The molecule has 0 aromatic heterocycles. The molecule has 1 saturated carbocycles. The van der Waals surface area contributed by atoms with Gasteiger partial charge in [-0.15, -0.1) is 0 Å². The molecule has 2 amide bonds. The molecule has 3 fully saturated rings. The lowest BCUT2D eigenvalue weighted by atomic mass is 9.84. The number of nitrogens with one attached hydrogen (secondary N) is 1. The second-order valence-corrected chi connectivity index (χ2v) is 6.98. The lowest BCUT2D eigenvalue weighted by Gasteiger charge is -2.31. The van der Waals surface area contributed by atoms with Crippen molar-refractivity contribution in [1.82, 2.24) is 10.2 Å². The maximum atomic E-state index is 12.5. The zero-order valence-corrected chi connectivity index (χ0v) is 13.6. The van der Waals surface area contributed by atoms with Crippen LogP contribution < -0.4 is 5.32 Å². The molecule has 2 aliphatic heterocycles. The zero-order valence-electron chi connectivity index (χ0n) is 13.6. The maximum absolute atomic E-state index is 12.5. The highest BCUT2D eigenvalue weighted by Crippen LogP contribution is 2.32.